The van der Waals surface area contributed by atoms with E-state index in [4.69, 9.17) is 11.6 Å². The molecule has 0 aliphatic carbocycles. The maximum Gasteiger partial charge on any atom is 0.137 e. The monoisotopic (exact) mass is 247 g/mol. The van der Waals surface area contributed by atoms with Gasteiger partial charge in [-0.1, -0.05) is 41.9 Å². The van der Waals surface area contributed by atoms with Crippen molar-refractivity contribution in [2.45, 2.75) is 13.5 Å². The second kappa shape index (κ2) is 5.15. The Hall–Kier alpha value is -1.61. The molecule has 1 heterocycles. The van der Waals surface area contributed by atoms with Crippen LogP contribution >= 0.6 is 11.6 Å². The normalized spacial score (nSPS) is 10.3. The summed E-state index contributed by atoms with van der Waals surface area (Å²) in [5, 5.41) is 0.509. The Bertz CT molecular complexity index is 499. The van der Waals surface area contributed by atoms with E-state index in [1.165, 1.54) is 11.9 Å². The zero-order valence-corrected chi connectivity index (χ0v) is 10.6. The quantitative estimate of drug-likeness (QED) is 0.781. The highest BCUT2D eigenvalue weighted by atomic mass is 35.5. The number of nitrogens with zero attached hydrogens (tertiary/aromatic N) is 3. The van der Waals surface area contributed by atoms with Gasteiger partial charge < -0.3 is 4.90 Å². The molecule has 2 aromatic rings. The van der Waals surface area contributed by atoms with Gasteiger partial charge in [0.1, 0.15) is 17.3 Å². The van der Waals surface area contributed by atoms with E-state index in [1.54, 1.807) is 0 Å². The third-order valence-electron chi connectivity index (χ3n) is 2.62. The molecule has 0 saturated carbocycles. The van der Waals surface area contributed by atoms with Gasteiger partial charge in [-0.25, -0.2) is 9.97 Å². The largest absolute Gasteiger partial charge is 0.355 e. The van der Waals surface area contributed by atoms with Crippen molar-refractivity contribution in [2.75, 3.05) is 11.9 Å². The molecular formula is C13H14ClN3. The standard InChI is InChI=1S/C13H14ClN3/c1-10-12(14)15-9-16-13(10)17(2)8-11-6-4-3-5-7-11/h3-7,9H,8H2,1-2H3. The van der Waals surface area contributed by atoms with E-state index in [2.05, 4.69) is 27.0 Å². The van der Waals surface area contributed by atoms with Crippen molar-refractivity contribution in [3.8, 4) is 0 Å². The van der Waals surface area contributed by atoms with E-state index in [0.29, 0.717) is 5.15 Å². The molecule has 17 heavy (non-hydrogen) atoms. The summed E-state index contributed by atoms with van der Waals surface area (Å²) in [6, 6.07) is 10.3. The van der Waals surface area contributed by atoms with Gasteiger partial charge in [0.05, 0.1) is 0 Å². The molecule has 0 atom stereocenters. The van der Waals surface area contributed by atoms with Crippen LogP contribution < -0.4 is 4.90 Å². The topological polar surface area (TPSA) is 29.0 Å². The molecular weight excluding hydrogens is 234 g/mol. The van der Waals surface area contributed by atoms with Crippen LogP contribution in [0.4, 0.5) is 5.82 Å². The lowest BCUT2D eigenvalue weighted by molar-refractivity contribution is 0.882. The molecule has 3 nitrogen and oxygen atoms in total. The van der Waals surface area contributed by atoms with Crippen molar-refractivity contribution < 1.29 is 0 Å². The second-order valence-electron chi connectivity index (χ2n) is 3.95. The average molecular weight is 248 g/mol. The van der Waals surface area contributed by atoms with Crippen LogP contribution in [0.1, 0.15) is 11.1 Å². The summed E-state index contributed by atoms with van der Waals surface area (Å²) < 4.78 is 0. The molecule has 0 unspecified atom stereocenters. The molecule has 0 amide bonds. The molecule has 0 fully saturated rings. The molecule has 0 saturated heterocycles. The van der Waals surface area contributed by atoms with Crippen LogP contribution in [0.2, 0.25) is 5.15 Å². The molecule has 0 aliphatic rings. The Morgan fingerprint density at radius 1 is 1.18 bits per heavy atom. The van der Waals surface area contributed by atoms with Gasteiger partial charge in [0, 0.05) is 19.2 Å². The fourth-order valence-corrected chi connectivity index (χ4v) is 1.87. The van der Waals surface area contributed by atoms with Crippen LogP contribution in [-0.2, 0) is 6.54 Å². The number of hydrogen-bond acceptors (Lipinski definition) is 3. The van der Waals surface area contributed by atoms with Crippen molar-refractivity contribution in [2.24, 2.45) is 0 Å². The second-order valence-corrected chi connectivity index (χ2v) is 4.31. The minimum absolute atomic E-state index is 0.509. The van der Waals surface area contributed by atoms with Gasteiger partial charge in [-0.3, -0.25) is 0 Å². The third kappa shape index (κ3) is 2.74. The smallest absolute Gasteiger partial charge is 0.137 e. The van der Waals surface area contributed by atoms with Gasteiger partial charge in [0.15, 0.2) is 0 Å². The average Bonchev–Trinajstić information content (AvgIpc) is 2.34. The highest BCUT2D eigenvalue weighted by Crippen LogP contribution is 2.22. The lowest BCUT2D eigenvalue weighted by atomic mass is 10.2. The van der Waals surface area contributed by atoms with E-state index >= 15 is 0 Å². The summed E-state index contributed by atoms with van der Waals surface area (Å²) in [5.74, 6) is 0.869. The molecule has 2 rings (SSSR count). The highest BCUT2D eigenvalue weighted by molar-refractivity contribution is 6.30. The Morgan fingerprint density at radius 3 is 2.59 bits per heavy atom. The number of rotatable bonds is 3. The lowest BCUT2D eigenvalue weighted by Crippen LogP contribution is -2.19. The summed E-state index contributed by atoms with van der Waals surface area (Å²) in [5.41, 5.74) is 2.15. The first-order valence-corrected chi connectivity index (χ1v) is 5.78. The molecule has 0 aliphatic heterocycles. The van der Waals surface area contributed by atoms with Gasteiger partial charge in [-0.15, -0.1) is 0 Å². The number of anilines is 1. The maximum atomic E-state index is 5.98. The molecule has 0 N–H and O–H groups in total. The summed E-state index contributed by atoms with van der Waals surface area (Å²) in [6.07, 6.45) is 1.49. The van der Waals surface area contributed by atoms with Crippen molar-refractivity contribution in [1.82, 2.24) is 9.97 Å². The summed E-state index contributed by atoms with van der Waals surface area (Å²) in [6.45, 7) is 2.73. The van der Waals surface area contributed by atoms with E-state index in [9.17, 15) is 0 Å². The summed E-state index contributed by atoms with van der Waals surface area (Å²) in [7, 11) is 2.00. The van der Waals surface area contributed by atoms with Gasteiger partial charge in [-0.05, 0) is 12.5 Å². The molecule has 1 aromatic carbocycles. The van der Waals surface area contributed by atoms with Crippen LogP contribution in [0, 0.1) is 6.92 Å². The third-order valence-corrected chi connectivity index (χ3v) is 3.00. The van der Waals surface area contributed by atoms with Crippen LogP contribution in [0.15, 0.2) is 36.7 Å². The first-order chi connectivity index (χ1) is 8.18. The Morgan fingerprint density at radius 2 is 1.88 bits per heavy atom. The number of halogens is 1. The van der Waals surface area contributed by atoms with Crippen molar-refractivity contribution in [1.29, 1.82) is 0 Å². The number of aromatic nitrogens is 2. The number of hydrogen-bond donors (Lipinski definition) is 0. The van der Waals surface area contributed by atoms with Crippen molar-refractivity contribution in [3.05, 3.63) is 52.9 Å². The van der Waals surface area contributed by atoms with Gasteiger partial charge in [0.2, 0.25) is 0 Å². The van der Waals surface area contributed by atoms with E-state index < -0.39 is 0 Å². The minimum Gasteiger partial charge on any atom is -0.355 e. The Labute approximate surface area is 106 Å². The molecule has 4 heteroatoms. The fourth-order valence-electron chi connectivity index (χ4n) is 1.74. The maximum absolute atomic E-state index is 5.98. The molecule has 0 spiro atoms. The molecule has 0 radical (unpaired) electrons. The Kier molecular flexibility index (Phi) is 3.59. The van der Waals surface area contributed by atoms with Gasteiger partial charge >= 0.3 is 0 Å². The van der Waals surface area contributed by atoms with E-state index in [1.807, 2.05) is 32.2 Å². The first kappa shape index (κ1) is 11.9. The lowest BCUT2D eigenvalue weighted by Gasteiger charge is -2.20. The number of benzene rings is 1. The summed E-state index contributed by atoms with van der Waals surface area (Å²) in [4.78, 5) is 10.3. The predicted molar refractivity (Wildman–Crippen MR) is 70.3 cm³/mol. The fraction of sp³-hybridized carbons (Fsp3) is 0.231. The zero-order chi connectivity index (χ0) is 12.3. The summed E-state index contributed by atoms with van der Waals surface area (Å²) >= 11 is 5.98. The first-order valence-electron chi connectivity index (χ1n) is 5.40. The molecule has 1 aromatic heterocycles. The van der Waals surface area contributed by atoms with Crippen LogP contribution in [0.5, 0.6) is 0 Å². The van der Waals surface area contributed by atoms with Gasteiger partial charge in [0.25, 0.3) is 0 Å². The van der Waals surface area contributed by atoms with E-state index in [0.717, 1.165) is 17.9 Å². The molecule has 0 bridgehead atoms. The van der Waals surface area contributed by atoms with Crippen LogP contribution in [-0.4, -0.2) is 17.0 Å². The molecule has 88 valence electrons. The zero-order valence-electron chi connectivity index (χ0n) is 9.89. The Balaban J connectivity index is 2.20. The van der Waals surface area contributed by atoms with Crippen molar-refractivity contribution in [3.63, 3.8) is 0 Å². The minimum atomic E-state index is 0.509. The van der Waals surface area contributed by atoms with E-state index in [-0.39, 0.29) is 0 Å². The van der Waals surface area contributed by atoms with Gasteiger partial charge in [-0.2, -0.15) is 0 Å². The predicted octanol–water partition coefficient (Wildman–Crippen LogP) is 3.07. The van der Waals surface area contributed by atoms with Crippen LogP contribution in [0.3, 0.4) is 0 Å². The van der Waals surface area contributed by atoms with Crippen molar-refractivity contribution >= 4 is 17.4 Å². The highest BCUT2D eigenvalue weighted by Gasteiger charge is 2.09. The van der Waals surface area contributed by atoms with Crippen LogP contribution in [0.25, 0.3) is 0 Å². The SMILES string of the molecule is Cc1c(Cl)ncnc1N(C)Cc1ccccc1.